The third-order valence-corrected chi connectivity index (χ3v) is 3.15. The van der Waals surface area contributed by atoms with E-state index >= 15 is 0 Å². The van der Waals surface area contributed by atoms with E-state index in [4.69, 9.17) is 0 Å². The predicted octanol–water partition coefficient (Wildman–Crippen LogP) is 6.44. The summed E-state index contributed by atoms with van der Waals surface area (Å²) in [5.41, 5.74) is -8.61. The van der Waals surface area contributed by atoms with E-state index in [-0.39, 0.29) is 6.08 Å². The monoisotopic (exact) mass is 381 g/mol. The minimum Gasteiger partial charge on any atom is -0.253 e. The first-order valence-corrected chi connectivity index (χ1v) is 6.78. The summed E-state index contributed by atoms with van der Waals surface area (Å²) in [5, 5.41) is 0. The van der Waals surface area contributed by atoms with E-state index in [9.17, 15) is 39.5 Å². The van der Waals surface area contributed by atoms with E-state index in [2.05, 4.69) is 4.99 Å². The second-order valence-electron chi connectivity index (χ2n) is 4.32. The molecule has 11 heteroatoms. The summed E-state index contributed by atoms with van der Waals surface area (Å²) in [5.74, 6) is 0. The maximum Gasteiger partial charge on any atom is 0.446 e. The summed E-state index contributed by atoms with van der Waals surface area (Å²) >= 11 is -0.573. The lowest BCUT2D eigenvalue weighted by Gasteiger charge is -2.15. The second kappa shape index (κ2) is 7.08. The number of para-hydroxylation sites is 1. The summed E-state index contributed by atoms with van der Waals surface area (Å²) < 4.78 is 112. The lowest BCUT2D eigenvalue weighted by molar-refractivity contribution is -0.171. The van der Waals surface area contributed by atoms with E-state index in [0.29, 0.717) is 0 Å². The van der Waals surface area contributed by atoms with Crippen molar-refractivity contribution >= 4 is 23.2 Å². The van der Waals surface area contributed by atoms with Gasteiger partial charge in [0, 0.05) is 10.6 Å². The minimum atomic E-state index is -5.67. The van der Waals surface area contributed by atoms with Gasteiger partial charge in [-0.05, 0) is 36.9 Å². The molecule has 1 aromatic rings. The summed E-state index contributed by atoms with van der Waals surface area (Å²) in [6.07, 6.45) is -11.6. The minimum absolute atomic E-state index is 0.255. The van der Waals surface area contributed by atoms with E-state index in [1.165, 1.54) is 12.1 Å². The Morgan fingerprint density at radius 3 is 1.88 bits per heavy atom. The summed E-state index contributed by atoms with van der Waals surface area (Å²) in [6.45, 7) is 0.826. The summed E-state index contributed by atoms with van der Waals surface area (Å²) in [7, 11) is 0. The van der Waals surface area contributed by atoms with Gasteiger partial charge in [0.15, 0.2) is 0 Å². The molecule has 0 aliphatic heterocycles. The topological polar surface area (TPSA) is 12.4 Å². The maximum absolute atomic E-state index is 12.4. The SMILES string of the molecule is CC(C=C(C(F)(F)F)C(F)(F)F)=Nc1ccccc1SC(F)(F)F. The van der Waals surface area contributed by atoms with E-state index in [1.807, 2.05) is 0 Å². The molecule has 24 heavy (non-hydrogen) atoms. The molecule has 0 fully saturated rings. The van der Waals surface area contributed by atoms with Crippen molar-refractivity contribution in [3.8, 4) is 0 Å². The number of allylic oxidation sites excluding steroid dienone is 2. The number of nitrogens with zero attached hydrogens (tertiary/aromatic N) is 1. The Bertz CT molecular complexity index is 622. The van der Waals surface area contributed by atoms with Gasteiger partial charge in [0.05, 0.1) is 5.69 Å². The van der Waals surface area contributed by atoms with E-state index in [1.54, 1.807) is 0 Å². The van der Waals surface area contributed by atoms with Gasteiger partial charge in [-0.2, -0.15) is 39.5 Å². The standard InChI is InChI=1S/C13H8F9NS/c1-7(6-10(11(14,15)16)12(17,18)19)23-8-4-2-3-5-9(8)24-13(20,21)22/h2-6H,1H3. The molecule has 0 spiro atoms. The highest BCUT2D eigenvalue weighted by Crippen LogP contribution is 2.42. The van der Waals surface area contributed by atoms with Crippen molar-refractivity contribution in [1.29, 1.82) is 0 Å². The number of aliphatic imine (C=N–C) groups is 1. The number of benzene rings is 1. The summed E-state index contributed by atoms with van der Waals surface area (Å²) in [4.78, 5) is 2.98. The van der Waals surface area contributed by atoms with Gasteiger partial charge in [0.2, 0.25) is 0 Å². The van der Waals surface area contributed by atoms with Crippen LogP contribution in [-0.4, -0.2) is 23.6 Å². The molecule has 0 aromatic heterocycles. The van der Waals surface area contributed by atoms with E-state index in [0.717, 1.165) is 19.1 Å². The molecule has 0 amide bonds. The first-order valence-electron chi connectivity index (χ1n) is 5.96. The smallest absolute Gasteiger partial charge is 0.253 e. The van der Waals surface area contributed by atoms with Gasteiger partial charge in [-0.25, -0.2) is 0 Å². The van der Waals surface area contributed by atoms with Crippen LogP contribution in [0.25, 0.3) is 0 Å². The Kier molecular flexibility index (Phi) is 6.01. The average molecular weight is 381 g/mol. The lowest BCUT2D eigenvalue weighted by Crippen LogP contribution is -2.26. The second-order valence-corrected chi connectivity index (χ2v) is 5.43. The highest BCUT2D eigenvalue weighted by atomic mass is 32.2. The van der Waals surface area contributed by atoms with Gasteiger partial charge in [0.1, 0.15) is 5.57 Å². The highest BCUT2D eigenvalue weighted by molar-refractivity contribution is 8.00. The molecule has 0 aliphatic carbocycles. The Hall–Kier alpha value is -1.65. The van der Waals surface area contributed by atoms with Crippen LogP contribution in [-0.2, 0) is 0 Å². The molecule has 0 heterocycles. The first-order chi connectivity index (χ1) is 10.7. The fourth-order valence-corrected chi connectivity index (χ4v) is 2.13. The van der Waals surface area contributed by atoms with Crippen LogP contribution < -0.4 is 0 Å². The lowest BCUT2D eigenvalue weighted by atomic mass is 10.2. The number of halogens is 9. The van der Waals surface area contributed by atoms with Gasteiger partial charge in [-0.3, -0.25) is 4.99 Å². The first kappa shape index (κ1) is 20.4. The molecular weight excluding hydrogens is 373 g/mol. The highest BCUT2D eigenvalue weighted by Gasteiger charge is 2.50. The molecule has 134 valence electrons. The molecule has 0 radical (unpaired) electrons. The third kappa shape index (κ3) is 6.46. The van der Waals surface area contributed by atoms with Crippen molar-refractivity contribution in [2.24, 2.45) is 4.99 Å². The van der Waals surface area contributed by atoms with Gasteiger partial charge in [-0.1, -0.05) is 12.1 Å². The maximum atomic E-state index is 12.4. The van der Waals surface area contributed by atoms with Crippen LogP contribution in [0.2, 0.25) is 0 Å². The molecular formula is C13H8F9NS. The predicted molar refractivity (Wildman–Crippen MR) is 71.3 cm³/mol. The zero-order valence-electron chi connectivity index (χ0n) is 11.6. The largest absolute Gasteiger partial charge is 0.446 e. The van der Waals surface area contributed by atoms with Crippen molar-refractivity contribution in [3.05, 3.63) is 35.9 Å². The van der Waals surface area contributed by atoms with Gasteiger partial charge >= 0.3 is 17.9 Å². The Morgan fingerprint density at radius 2 is 1.42 bits per heavy atom. The van der Waals surface area contributed by atoms with Crippen molar-refractivity contribution in [1.82, 2.24) is 0 Å². The number of rotatable bonds is 3. The van der Waals surface area contributed by atoms with Crippen molar-refractivity contribution in [2.45, 2.75) is 29.7 Å². The van der Waals surface area contributed by atoms with Crippen LogP contribution in [0.3, 0.4) is 0 Å². The molecule has 0 atom stereocenters. The number of alkyl halides is 9. The Morgan fingerprint density at radius 1 is 0.917 bits per heavy atom. The number of hydrogen-bond donors (Lipinski definition) is 0. The van der Waals surface area contributed by atoms with Crippen LogP contribution in [0.1, 0.15) is 6.92 Å². The number of hydrogen-bond acceptors (Lipinski definition) is 2. The Labute approximate surface area is 134 Å². The zero-order valence-corrected chi connectivity index (χ0v) is 12.5. The molecule has 0 saturated carbocycles. The van der Waals surface area contributed by atoms with Crippen molar-refractivity contribution < 1.29 is 39.5 Å². The molecule has 0 N–H and O–H groups in total. The van der Waals surface area contributed by atoms with E-state index < -0.39 is 51.5 Å². The molecule has 0 aliphatic rings. The third-order valence-electron chi connectivity index (χ3n) is 2.35. The molecule has 1 aromatic carbocycles. The van der Waals surface area contributed by atoms with Gasteiger partial charge < -0.3 is 0 Å². The van der Waals surface area contributed by atoms with Crippen LogP contribution in [0.5, 0.6) is 0 Å². The zero-order chi connectivity index (χ0) is 18.8. The van der Waals surface area contributed by atoms with Crippen LogP contribution in [0.4, 0.5) is 45.2 Å². The average Bonchev–Trinajstić information content (AvgIpc) is 2.34. The van der Waals surface area contributed by atoms with Crippen LogP contribution >= 0.6 is 11.8 Å². The van der Waals surface area contributed by atoms with Gasteiger partial charge in [-0.15, -0.1) is 0 Å². The fraction of sp³-hybridized carbons (Fsp3) is 0.308. The van der Waals surface area contributed by atoms with Crippen LogP contribution in [0, 0.1) is 0 Å². The van der Waals surface area contributed by atoms with Crippen molar-refractivity contribution in [3.63, 3.8) is 0 Å². The number of thioether (sulfide) groups is 1. The normalized spacial score (nSPS) is 13.8. The molecule has 1 rings (SSSR count). The summed E-state index contributed by atoms with van der Waals surface area (Å²) in [6, 6.07) is 4.54. The molecule has 0 saturated heterocycles. The molecule has 1 nitrogen and oxygen atoms in total. The van der Waals surface area contributed by atoms with Gasteiger partial charge in [0.25, 0.3) is 0 Å². The quantitative estimate of drug-likeness (QED) is 0.333. The Balaban J connectivity index is 3.29. The molecule has 0 unspecified atom stereocenters. The molecule has 0 bridgehead atoms. The fourth-order valence-electron chi connectivity index (χ4n) is 1.52. The van der Waals surface area contributed by atoms with Crippen LogP contribution in [0.15, 0.2) is 45.8 Å². The van der Waals surface area contributed by atoms with Crippen molar-refractivity contribution in [2.75, 3.05) is 0 Å².